The lowest BCUT2D eigenvalue weighted by Gasteiger charge is -2.19. The van der Waals surface area contributed by atoms with Crippen LogP contribution in [0.5, 0.6) is 11.5 Å². The lowest BCUT2D eigenvalue weighted by atomic mass is 10.3. The quantitative estimate of drug-likeness (QED) is 0.446. The van der Waals surface area contributed by atoms with Crippen molar-refractivity contribution in [3.8, 4) is 11.5 Å². The molecule has 0 aliphatic heterocycles. The molecule has 2 aromatic rings. The number of amidine groups is 1. The molecule has 116 valence electrons. The maximum atomic E-state index is 7.98. The Labute approximate surface area is 155 Å². The second-order valence-electron chi connectivity index (χ2n) is 3.68. The van der Waals surface area contributed by atoms with Crippen molar-refractivity contribution in [1.82, 2.24) is 0 Å². The van der Waals surface area contributed by atoms with Crippen molar-refractivity contribution in [2.24, 2.45) is 10.5 Å². The molecule has 0 amide bonds. The second-order valence-corrected chi connectivity index (χ2v) is 7.32. The summed E-state index contributed by atoms with van der Waals surface area (Å²) in [6.45, 7) is -2.70. The highest BCUT2D eigenvalue weighted by atomic mass is 35.5. The van der Waals surface area contributed by atoms with E-state index in [1.54, 1.807) is 0 Å². The minimum atomic E-state index is -4.04. The zero-order valence-corrected chi connectivity index (χ0v) is 14.2. The number of rotatable bonds is 5. The Morgan fingerprint density at radius 2 is 1.41 bits per heavy atom. The lowest BCUT2D eigenvalue weighted by Crippen LogP contribution is -2.08. The molecule has 0 radical (unpaired) electrons. The van der Waals surface area contributed by atoms with Gasteiger partial charge in [-0.2, -0.15) is 4.76 Å². The van der Waals surface area contributed by atoms with Crippen LogP contribution in [0.3, 0.4) is 0 Å². The molecule has 0 aromatic heterocycles. The largest absolute Gasteiger partial charge is 0.419 e. The van der Waals surface area contributed by atoms with Gasteiger partial charge in [0.2, 0.25) is 0 Å². The van der Waals surface area contributed by atoms with Crippen molar-refractivity contribution < 1.29 is 20.0 Å². The van der Waals surface area contributed by atoms with Gasteiger partial charge in [-0.1, -0.05) is 23.2 Å². The number of nitrogens with two attached hydrogens (primary N) is 1. The molecule has 2 rings (SSSR count). The van der Waals surface area contributed by atoms with Crippen LogP contribution in [0.4, 0.5) is 0 Å². The summed E-state index contributed by atoms with van der Waals surface area (Å²) in [5.74, 6) is -1.37. The summed E-state index contributed by atoms with van der Waals surface area (Å²) in [6.07, 6.45) is 0. The average molecular weight is 383 g/mol. The summed E-state index contributed by atoms with van der Waals surface area (Å²) in [5.41, 5.74) is 5.58. The van der Waals surface area contributed by atoms with Crippen LogP contribution in [0.2, 0.25) is 10.0 Å². The topological polar surface area (TPSA) is 56.8 Å². The summed E-state index contributed by atoms with van der Waals surface area (Å²) in [6, 6.07) is -4.95. The van der Waals surface area contributed by atoms with Gasteiger partial charge in [0.15, 0.2) is 0 Å². The monoisotopic (exact) mass is 382 g/mol. The molecule has 0 heterocycles. The molecule has 0 spiro atoms. The zero-order valence-electron chi connectivity index (χ0n) is 19.0. The van der Waals surface area contributed by atoms with Crippen molar-refractivity contribution in [3.05, 3.63) is 58.4 Å². The van der Waals surface area contributed by atoms with Gasteiger partial charge in [-0.3, -0.25) is 0 Å². The minimum Gasteiger partial charge on any atom is -0.419 e. The Kier molecular flexibility index (Phi) is 3.05. The highest BCUT2D eigenvalue weighted by Gasteiger charge is 2.22. The first-order valence-corrected chi connectivity index (χ1v) is 8.89. The van der Waals surface area contributed by atoms with Crippen LogP contribution < -0.4 is 14.8 Å². The molecule has 0 saturated heterocycles. The van der Waals surface area contributed by atoms with Crippen LogP contribution in [0, 0.1) is 0 Å². The van der Waals surface area contributed by atoms with E-state index in [0.717, 1.165) is 0 Å². The van der Waals surface area contributed by atoms with Crippen LogP contribution in [0.15, 0.2) is 53.1 Å². The molecule has 0 saturated carbocycles. The van der Waals surface area contributed by atoms with Crippen molar-refractivity contribution >= 4 is 47.5 Å². The third-order valence-corrected chi connectivity index (χ3v) is 4.29. The maximum absolute atomic E-state index is 7.98. The van der Waals surface area contributed by atoms with Gasteiger partial charge in [-0.25, -0.2) is 0 Å². The molecule has 0 fully saturated rings. The van der Waals surface area contributed by atoms with E-state index >= 15 is 0 Å². The number of hydrogen-bond acceptors (Lipinski definition) is 3. The Balaban J connectivity index is 2.69. The van der Waals surface area contributed by atoms with Gasteiger partial charge in [0.05, 0.1) is 11.0 Å². The lowest BCUT2D eigenvalue weighted by molar-refractivity contribution is 0.488. The summed E-state index contributed by atoms with van der Waals surface area (Å²) >= 11 is 16.8. The molecule has 22 heavy (non-hydrogen) atoms. The number of nitrogens with zero attached hydrogens (tertiary/aromatic N) is 1. The van der Waals surface area contributed by atoms with Crippen LogP contribution >= 0.6 is 29.8 Å². The number of halogens is 2. The van der Waals surface area contributed by atoms with Gasteiger partial charge < -0.3 is 14.8 Å². The van der Waals surface area contributed by atoms with E-state index in [0.29, 0.717) is 0 Å². The fraction of sp³-hybridized carbons (Fsp3) is 0.0714. The van der Waals surface area contributed by atoms with Gasteiger partial charge in [0.1, 0.15) is 17.3 Å². The van der Waals surface area contributed by atoms with Gasteiger partial charge in [-0.15, -0.1) is 0 Å². The summed E-state index contributed by atoms with van der Waals surface area (Å²) < 4.78 is 77.9. The van der Waals surface area contributed by atoms with E-state index in [9.17, 15) is 0 Å². The van der Waals surface area contributed by atoms with E-state index in [4.69, 9.17) is 60.8 Å². The van der Waals surface area contributed by atoms with Crippen LogP contribution in [-0.2, 0) is 11.8 Å². The number of hydrogen-bond donors (Lipinski definition) is 1. The average Bonchev–Trinajstić information content (AvgIpc) is 2.68. The van der Waals surface area contributed by atoms with E-state index in [-0.39, 0.29) is 5.84 Å². The molecule has 2 N–H and O–H groups in total. The normalized spacial score (nSPS) is 17.1. The molecule has 0 bridgehead atoms. The molecule has 0 aliphatic rings. The smallest absolute Gasteiger partial charge is 0.415 e. The molecule has 2 aromatic carbocycles. The first-order valence-electron chi connectivity index (χ1n) is 9.55. The van der Waals surface area contributed by atoms with E-state index in [1.165, 1.54) is 6.92 Å². The van der Waals surface area contributed by atoms with Crippen LogP contribution in [-0.4, -0.2) is 5.84 Å². The van der Waals surface area contributed by atoms with Crippen molar-refractivity contribution in [3.63, 3.8) is 0 Å². The van der Waals surface area contributed by atoms with E-state index in [2.05, 4.69) is 4.76 Å². The van der Waals surface area contributed by atoms with Crippen molar-refractivity contribution in [2.45, 2.75) is 6.92 Å². The SMILES string of the molecule is [2H]c1c([2H])c(OP(=S)(N=C(C)N)Oc2c([2H])c([2H])c(Cl)c([2H])c2[2H])c([2H])c([2H])c1Cl. The summed E-state index contributed by atoms with van der Waals surface area (Å²) in [5, 5.41) is -0.857. The minimum absolute atomic E-state index is 0.133. The fourth-order valence-electron chi connectivity index (χ4n) is 1.15. The molecule has 4 nitrogen and oxygen atoms in total. The van der Waals surface area contributed by atoms with Crippen LogP contribution in [0.25, 0.3) is 0 Å². The third kappa shape index (κ3) is 5.18. The Morgan fingerprint density at radius 3 is 1.73 bits per heavy atom. The van der Waals surface area contributed by atoms with Crippen molar-refractivity contribution in [2.75, 3.05) is 0 Å². The summed E-state index contributed by atoms with van der Waals surface area (Å²) in [7, 11) is 0. The van der Waals surface area contributed by atoms with Crippen molar-refractivity contribution in [1.29, 1.82) is 0 Å². The number of benzene rings is 2. The molecule has 8 heteroatoms. The Bertz CT molecular complexity index is 997. The van der Waals surface area contributed by atoms with Gasteiger partial charge in [-0.05, 0) is 55.3 Å². The van der Waals surface area contributed by atoms with Gasteiger partial charge >= 0.3 is 6.64 Å². The zero-order chi connectivity index (χ0) is 23.1. The summed E-state index contributed by atoms with van der Waals surface area (Å²) in [4.78, 5) is 0. The van der Waals surface area contributed by atoms with E-state index in [1.807, 2.05) is 0 Å². The fourth-order valence-corrected chi connectivity index (χ4v) is 3.32. The molecule has 0 aliphatic carbocycles. The van der Waals surface area contributed by atoms with E-state index < -0.39 is 76.5 Å². The third-order valence-electron chi connectivity index (χ3n) is 1.84. The Hall–Kier alpha value is -1.26. The molecular formula is C14H13Cl2N2O2PS. The second kappa shape index (κ2) is 7.34. The standard InChI is InChI=1S/C14H13Cl2N2O2PS/c1-10(17)18-21(22,19-13-6-2-11(15)3-7-13)20-14-8-4-12(16)5-9-14/h2-9H,1H3,(H2,17,18,22)/i2D,3D,4D,5D,6D,7D,8D,9D. The molecule has 0 atom stereocenters. The predicted octanol–water partition coefficient (Wildman–Crippen LogP) is 5.05. The first kappa shape index (κ1) is 9.14. The van der Waals surface area contributed by atoms with Crippen LogP contribution in [0.1, 0.15) is 17.9 Å². The first-order chi connectivity index (χ1) is 13.7. The van der Waals surface area contributed by atoms with Gasteiger partial charge in [0.25, 0.3) is 0 Å². The highest BCUT2D eigenvalue weighted by Crippen LogP contribution is 2.50. The highest BCUT2D eigenvalue weighted by molar-refractivity contribution is 8.09. The predicted molar refractivity (Wildman–Crippen MR) is 95.7 cm³/mol. The Morgan fingerprint density at radius 1 is 1.05 bits per heavy atom. The molecular weight excluding hydrogens is 362 g/mol. The maximum Gasteiger partial charge on any atom is 0.415 e. The molecule has 0 unspecified atom stereocenters. The van der Waals surface area contributed by atoms with Gasteiger partial charge in [0, 0.05) is 21.9 Å².